The summed E-state index contributed by atoms with van der Waals surface area (Å²) in [6.45, 7) is 1.25. The summed E-state index contributed by atoms with van der Waals surface area (Å²) in [5, 5.41) is 0. The summed E-state index contributed by atoms with van der Waals surface area (Å²) in [5.41, 5.74) is 0. The Morgan fingerprint density at radius 3 is 2.75 bits per heavy atom. The Morgan fingerprint density at radius 2 is 2.25 bits per heavy atom. The zero-order valence-electron chi connectivity index (χ0n) is 9.10. The molecule has 1 heterocycles. The molecule has 0 saturated carbocycles. The Hall–Kier alpha value is -0.210. The molecule has 0 atom stereocenters. The second-order valence-electron chi connectivity index (χ2n) is 3.49. The molecule has 0 aromatic carbocycles. The molecule has 1 N–H and O–H groups in total. The van der Waals surface area contributed by atoms with Crippen LogP contribution in [0.1, 0.15) is 6.42 Å². The van der Waals surface area contributed by atoms with E-state index in [0.29, 0.717) is 6.54 Å². The third-order valence-corrected chi connectivity index (χ3v) is 4.83. The number of thiazole rings is 1. The second kappa shape index (κ2) is 5.92. The van der Waals surface area contributed by atoms with Crippen molar-refractivity contribution in [3.63, 3.8) is 0 Å². The summed E-state index contributed by atoms with van der Waals surface area (Å²) >= 11 is 6.53. The van der Waals surface area contributed by atoms with Gasteiger partial charge in [0, 0.05) is 6.54 Å². The van der Waals surface area contributed by atoms with E-state index in [-0.39, 0.29) is 8.68 Å². The summed E-state index contributed by atoms with van der Waals surface area (Å²) in [6, 6.07) is 0. The summed E-state index contributed by atoms with van der Waals surface area (Å²) in [6.07, 6.45) is 2.03. The SMILES string of the molecule is CN(C)CCCNS(=O)(=O)c1cnc(Cl)s1. The lowest BCUT2D eigenvalue weighted by Crippen LogP contribution is -2.26. The molecule has 0 saturated heterocycles. The molecule has 1 rings (SSSR count). The summed E-state index contributed by atoms with van der Waals surface area (Å²) in [7, 11) is 0.450. The molecule has 0 radical (unpaired) electrons. The van der Waals surface area contributed by atoms with Crippen LogP contribution in [0.4, 0.5) is 0 Å². The van der Waals surface area contributed by atoms with Crippen LogP contribution < -0.4 is 4.72 Å². The summed E-state index contributed by atoms with van der Waals surface area (Å²) < 4.78 is 26.2. The molecular weight excluding hydrogens is 270 g/mol. The number of nitrogens with zero attached hydrogens (tertiary/aromatic N) is 2. The average molecular weight is 284 g/mol. The largest absolute Gasteiger partial charge is 0.309 e. The number of sulfonamides is 1. The monoisotopic (exact) mass is 283 g/mol. The molecule has 0 aliphatic carbocycles. The van der Waals surface area contributed by atoms with Crippen molar-refractivity contribution in [1.82, 2.24) is 14.6 Å². The van der Waals surface area contributed by atoms with Crippen molar-refractivity contribution >= 4 is 33.0 Å². The maximum absolute atomic E-state index is 11.7. The Morgan fingerprint density at radius 1 is 1.56 bits per heavy atom. The third kappa shape index (κ3) is 4.34. The van der Waals surface area contributed by atoms with Crippen LogP contribution >= 0.6 is 22.9 Å². The average Bonchev–Trinajstić information content (AvgIpc) is 2.60. The van der Waals surface area contributed by atoms with E-state index in [0.717, 1.165) is 24.3 Å². The lowest BCUT2D eigenvalue weighted by atomic mass is 10.4. The van der Waals surface area contributed by atoms with Gasteiger partial charge in [0.2, 0.25) is 0 Å². The summed E-state index contributed by atoms with van der Waals surface area (Å²) in [5.74, 6) is 0. The number of nitrogens with one attached hydrogen (secondary N) is 1. The van der Waals surface area contributed by atoms with E-state index in [9.17, 15) is 8.42 Å². The number of halogens is 1. The van der Waals surface area contributed by atoms with Gasteiger partial charge in [0.25, 0.3) is 10.0 Å². The van der Waals surface area contributed by atoms with Gasteiger partial charge >= 0.3 is 0 Å². The molecule has 0 spiro atoms. The summed E-state index contributed by atoms with van der Waals surface area (Å²) in [4.78, 5) is 5.69. The minimum Gasteiger partial charge on any atom is -0.309 e. The molecule has 16 heavy (non-hydrogen) atoms. The minimum absolute atomic E-state index is 0.155. The van der Waals surface area contributed by atoms with Gasteiger partial charge in [-0.05, 0) is 27.1 Å². The highest BCUT2D eigenvalue weighted by atomic mass is 35.5. The van der Waals surface area contributed by atoms with Crippen molar-refractivity contribution in [3.05, 3.63) is 10.7 Å². The standard InChI is InChI=1S/C8H14ClN3O2S2/c1-12(2)5-3-4-11-16(13,14)7-6-10-8(9)15-7/h6,11H,3-5H2,1-2H3. The zero-order chi connectivity index (χ0) is 12.2. The van der Waals surface area contributed by atoms with Gasteiger partial charge in [-0.3, -0.25) is 0 Å². The van der Waals surface area contributed by atoms with Crippen LogP contribution in [-0.4, -0.2) is 45.5 Å². The zero-order valence-corrected chi connectivity index (χ0v) is 11.5. The molecule has 0 fully saturated rings. The van der Waals surface area contributed by atoms with Gasteiger partial charge < -0.3 is 4.90 Å². The lowest BCUT2D eigenvalue weighted by Gasteiger charge is -2.09. The van der Waals surface area contributed by atoms with Crippen molar-refractivity contribution in [2.24, 2.45) is 0 Å². The highest BCUT2D eigenvalue weighted by molar-refractivity contribution is 7.91. The lowest BCUT2D eigenvalue weighted by molar-refractivity contribution is 0.400. The highest BCUT2D eigenvalue weighted by Gasteiger charge is 2.16. The number of rotatable bonds is 6. The smallest absolute Gasteiger partial charge is 0.251 e. The molecule has 5 nitrogen and oxygen atoms in total. The first-order chi connectivity index (χ1) is 7.42. The maximum atomic E-state index is 11.7. The second-order valence-corrected chi connectivity index (χ2v) is 7.09. The third-order valence-electron chi connectivity index (χ3n) is 1.80. The van der Waals surface area contributed by atoms with Gasteiger partial charge in [-0.1, -0.05) is 22.9 Å². The number of hydrogen-bond acceptors (Lipinski definition) is 5. The Labute approximate surface area is 104 Å². The fourth-order valence-corrected chi connectivity index (χ4v) is 3.45. The minimum atomic E-state index is -3.43. The molecule has 1 aromatic heterocycles. The van der Waals surface area contributed by atoms with Crippen LogP contribution in [0.2, 0.25) is 4.47 Å². The Kier molecular flexibility index (Phi) is 5.13. The van der Waals surface area contributed by atoms with Gasteiger partial charge in [-0.15, -0.1) is 0 Å². The van der Waals surface area contributed by atoms with Crippen LogP contribution in [0.15, 0.2) is 10.4 Å². The fraction of sp³-hybridized carbons (Fsp3) is 0.625. The molecular formula is C8H14ClN3O2S2. The van der Waals surface area contributed by atoms with Crippen molar-refractivity contribution in [3.8, 4) is 0 Å². The molecule has 0 amide bonds. The Balaban J connectivity index is 2.47. The van der Waals surface area contributed by atoms with E-state index >= 15 is 0 Å². The van der Waals surface area contributed by atoms with Crippen molar-refractivity contribution in [2.75, 3.05) is 27.2 Å². The highest BCUT2D eigenvalue weighted by Crippen LogP contribution is 2.21. The van der Waals surface area contributed by atoms with Gasteiger partial charge in [0.15, 0.2) is 8.68 Å². The molecule has 1 aromatic rings. The normalized spacial score (nSPS) is 12.2. The number of hydrogen-bond donors (Lipinski definition) is 1. The van der Waals surface area contributed by atoms with Crippen LogP contribution in [0.5, 0.6) is 0 Å². The van der Waals surface area contributed by atoms with Gasteiger partial charge in [-0.2, -0.15) is 0 Å². The van der Waals surface area contributed by atoms with E-state index in [4.69, 9.17) is 11.6 Å². The predicted molar refractivity (Wildman–Crippen MR) is 65.5 cm³/mol. The quantitative estimate of drug-likeness (QED) is 0.792. The maximum Gasteiger partial charge on any atom is 0.251 e. The number of aromatic nitrogens is 1. The molecule has 0 unspecified atom stereocenters. The topological polar surface area (TPSA) is 62.3 Å². The van der Waals surface area contributed by atoms with Crippen LogP contribution in [0.25, 0.3) is 0 Å². The van der Waals surface area contributed by atoms with Crippen LogP contribution in [0.3, 0.4) is 0 Å². The molecule has 8 heteroatoms. The fourth-order valence-electron chi connectivity index (χ4n) is 1.04. The van der Waals surface area contributed by atoms with Gasteiger partial charge in [-0.25, -0.2) is 18.1 Å². The van der Waals surface area contributed by atoms with E-state index in [1.54, 1.807) is 0 Å². The first-order valence-electron chi connectivity index (χ1n) is 4.67. The molecule has 0 aliphatic rings. The van der Waals surface area contributed by atoms with E-state index < -0.39 is 10.0 Å². The first kappa shape index (κ1) is 13.9. The molecule has 92 valence electrons. The molecule has 0 bridgehead atoms. The van der Waals surface area contributed by atoms with E-state index in [2.05, 4.69) is 9.71 Å². The Bertz CT molecular complexity index is 430. The van der Waals surface area contributed by atoms with E-state index in [1.165, 1.54) is 6.20 Å². The van der Waals surface area contributed by atoms with Gasteiger partial charge in [0.1, 0.15) is 0 Å². The van der Waals surface area contributed by atoms with Crippen LogP contribution in [0, 0.1) is 0 Å². The predicted octanol–water partition coefficient (Wildman–Crippen LogP) is 1.03. The van der Waals surface area contributed by atoms with E-state index in [1.807, 2.05) is 19.0 Å². The first-order valence-corrected chi connectivity index (χ1v) is 7.35. The van der Waals surface area contributed by atoms with Crippen molar-refractivity contribution in [2.45, 2.75) is 10.6 Å². The van der Waals surface area contributed by atoms with Crippen LogP contribution in [-0.2, 0) is 10.0 Å². The van der Waals surface area contributed by atoms with Crippen molar-refractivity contribution in [1.29, 1.82) is 0 Å². The van der Waals surface area contributed by atoms with Crippen molar-refractivity contribution < 1.29 is 8.42 Å². The molecule has 0 aliphatic heterocycles. The van der Waals surface area contributed by atoms with Gasteiger partial charge in [0.05, 0.1) is 6.20 Å².